The quantitative estimate of drug-likeness (QED) is 0.167. The van der Waals surface area contributed by atoms with Crippen LogP contribution in [0.15, 0.2) is 128 Å². The van der Waals surface area contributed by atoms with Gasteiger partial charge in [-0.3, -0.25) is 4.98 Å². The van der Waals surface area contributed by atoms with Gasteiger partial charge < -0.3 is 18.9 Å². The van der Waals surface area contributed by atoms with E-state index in [0.29, 0.717) is 0 Å². The zero-order valence-corrected chi connectivity index (χ0v) is 27.5. The zero-order chi connectivity index (χ0) is 30.1. The summed E-state index contributed by atoms with van der Waals surface area (Å²) >= 11 is 0. The van der Waals surface area contributed by atoms with Crippen molar-refractivity contribution in [2.75, 3.05) is 11.9 Å². The number of nitrogens with zero attached hydrogens (tertiary/aromatic N) is 5. The second-order valence-corrected chi connectivity index (χ2v) is 11.6. The Bertz CT molecular complexity index is 2460. The van der Waals surface area contributed by atoms with E-state index in [0.717, 1.165) is 50.2 Å². The molecule has 0 bridgehead atoms. The van der Waals surface area contributed by atoms with E-state index in [1.54, 1.807) is 0 Å². The van der Waals surface area contributed by atoms with Gasteiger partial charge in [0.1, 0.15) is 0 Å². The van der Waals surface area contributed by atoms with E-state index in [1.807, 2.05) is 24.2 Å². The van der Waals surface area contributed by atoms with Crippen molar-refractivity contribution in [1.82, 2.24) is 19.0 Å². The van der Waals surface area contributed by atoms with Crippen LogP contribution >= 0.6 is 0 Å². The number of imidazole rings is 1. The summed E-state index contributed by atoms with van der Waals surface area (Å²) in [4.78, 5) is 9.12. The minimum absolute atomic E-state index is 0. The average molecular weight is 774 g/mol. The maximum absolute atomic E-state index is 4.99. The number of rotatable bonds is 4. The van der Waals surface area contributed by atoms with E-state index in [2.05, 4.69) is 155 Å². The van der Waals surface area contributed by atoms with Crippen molar-refractivity contribution in [3.05, 3.63) is 146 Å². The van der Waals surface area contributed by atoms with Gasteiger partial charge in [0.15, 0.2) is 0 Å². The molecule has 0 spiro atoms. The molecule has 1 aliphatic heterocycles. The van der Waals surface area contributed by atoms with Crippen LogP contribution in [0, 0.1) is 18.8 Å². The fourth-order valence-corrected chi connectivity index (χ4v) is 6.67. The molecule has 226 valence electrons. The predicted octanol–water partition coefficient (Wildman–Crippen LogP) is 9.10. The second-order valence-electron chi connectivity index (χ2n) is 11.6. The maximum atomic E-state index is 4.99. The van der Waals surface area contributed by atoms with Crippen molar-refractivity contribution in [2.45, 2.75) is 0 Å². The summed E-state index contributed by atoms with van der Waals surface area (Å²) in [5, 5.41) is 4.79. The molecule has 1 aliphatic rings. The third-order valence-electron chi connectivity index (χ3n) is 8.86. The number of benzene rings is 6. The van der Waals surface area contributed by atoms with Crippen LogP contribution in [0.2, 0.25) is 0 Å². The number of aryl methyl sites for hydroxylation is 1. The molecular weight excluding hydrogens is 746 g/mol. The summed E-state index contributed by atoms with van der Waals surface area (Å²) in [5.74, 6) is 0.893. The Morgan fingerprint density at radius 1 is 0.652 bits per heavy atom. The molecule has 3 heterocycles. The minimum Gasteiger partial charge on any atom is -0.510 e. The minimum atomic E-state index is 0. The zero-order valence-electron chi connectivity index (χ0n) is 25.3. The van der Waals surface area contributed by atoms with Gasteiger partial charge in [0.2, 0.25) is 0 Å². The van der Waals surface area contributed by atoms with Gasteiger partial charge in [0, 0.05) is 33.6 Å². The van der Waals surface area contributed by atoms with E-state index in [9.17, 15) is 0 Å². The Labute approximate surface area is 281 Å². The van der Waals surface area contributed by atoms with E-state index in [1.165, 1.54) is 27.3 Å². The molecule has 6 aromatic carbocycles. The van der Waals surface area contributed by atoms with Crippen molar-refractivity contribution < 1.29 is 21.1 Å². The summed E-state index contributed by atoms with van der Waals surface area (Å²) in [6.07, 6.45) is 4.09. The van der Waals surface area contributed by atoms with Crippen LogP contribution in [0.25, 0.3) is 71.8 Å². The van der Waals surface area contributed by atoms with Gasteiger partial charge in [-0.15, -0.1) is 47.6 Å². The first kappa shape index (κ1) is 28.4. The molecule has 2 aromatic heterocycles. The summed E-state index contributed by atoms with van der Waals surface area (Å²) in [6, 6.07) is 48.4. The Kier molecular flexibility index (Phi) is 6.81. The first-order valence-electron chi connectivity index (χ1n) is 15.1. The molecule has 0 N–H and O–H groups in total. The molecular formula is C40H28N5Pt-3. The number of hydrogen-bond acceptors (Lipinski definition) is 3. The summed E-state index contributed by atoms with van der Waals surface area (Å²) in [7, 11) is 4.10. The monoisotopic (exact) mass is 773 g/mol. The van der Waals surface area contributed by atoms with E-state index < -0.39 is 0 Å². The molecule has 6 heteroatoms. The van der Waals surface area contributed by atoms with Crippen molar-refractivity contribution in [2.24, 2.45) is 7.05 Å². The smallest absolute Gasteiger partial charge is 0.0770 e. The van der Waals surface area contributed by atoms with Gasteiger partial charge in [-0.1, -0.05) is 77.8 Å². The molecule has 0 amide bonds. The van der Waals surface area contributed by atoms with Gasteiger partial charge in [0.05, 0.1) is 16.9 Å². The average Bonchev–Trinajstić information content (AvgIpc) is 3.77. The molecule has 8 aromatic rings. The van der Waals surface area contributed by atoms with Crippen LogP contribution in [0.3, 0.4) is 0 Å². The summed E-state index contributed by atoms with van der Waals surface area (Å²) in [6.45, 7) is 2.05. The number of aromatic nitrogens is 3. The maximum Gasteiger partial charge on any atom is 0.0770 e. The Morgan fingerprint density at radius 2 is 1.43 bits per heavy atom. The van der Waals surface area contributed by atoms with Crippen LogP contribution in [-0.4, -0.2) is 26.1 Å². The molecule has 0 saturated carbocycles. The summed E-state index contributed by atoms with van der Waals surface area (Å²) in [5.41, 5.74) is 9.45. The topological polar surface area (TPSA) is 29.2 Å². The first-order chi connectivity index (χ1) is 22.1. The van der Waals surface area contributed by atoms with Crippen LogP contribution in [0.4, 0.5) is 5.69 Å². The van der Waals surface area contributed by atoms with Crippen molar-refractivity contribution in [3.63, 3.8) is 0 Å². The van der Waals surface area contributed by atoms with Gasteiger partial charge in [0.25, 0.3) is 0 Å². The fourth-order valence-electron chi connectivity index (χ4n) is 6.67. The second kappa shape index (κ2) is 11.0. The molecule has 9 rings (SSSR count). The van der Waals surface area contributed by atoms with Crippen LogP contribution in [-0.2, 0) is 28.1 Å². The van der Waals surface area contributed by atoms with Gasteiger partial charge in [-0.05, 0) is 70.4 Å². The SMILES string of the molecule is CN1C=CN(c2[c-]c(-n3c4[c-]c(-c5nc6ccccc6n5C)ccc4c4ccc(-c5cccc6ccccc56)cc43)ccc2)[CH-]1.[Pt]. The number of anilines is 1. The van der Waals surface area contributed by atoms with Crippen LogP contribution < -0.4 is 4.90 Å². The Hall–Kier alpha value is -5.12. The largest absolute Gasteiger partial charge is 0.510 e. The molecule has 0 aliphatic carbocycles. The third-order valence-corrected chi connectivity index (χ3v) is 8.86. The Morgan fingerprint density at radius 3 is 2.30 bits per heavy atom. The number of para-hydroxylation sites is 2. The standard InChI is InChI=1S/C40H28N5.Pt/c1-42-21-22-44(26-42)30-11-8-12-31(25-30)45-38-23-28(33-14-7-10-27-9-3-4-13-32(27)33)17-19-34(38)35-20-18-29(24-39(35)45)40-41-36-15-5-6-16-37(36)43(40)2;/h3-23,26H,1-2H3;/q-3;. The molecule has 0 radical (unpaired) electrons. The van der Waals surface area contributed by atoms with Crippen LogP contribution in [0.5, 0.6) is 0 Å². The molecule has 0 fully saturated rings. The predicted molar refractivity (Wildman–Crippen MR) is 185 cm³/mol. The van der Waals surface area contributed by atoms with Crippen molar-refractivity contribution in [1.29, 1.82) is 0 Å². The molecule has 0 atom stereocenters. The van der Waals surface area contributed by atoms with Crippen LogP contribution in [0.1, 0.15) is 0 Å². The van der Waals surface area contributed by atoms with Crippen molar-refractivity contribution >= 4 is 49.3 Å². The molecule has 5 nitrogen and oxygen atoms in total. The van der Waals surface area contributed by atoms with Crippen molar-refractivity contribution in [3.8, 4) is 28.2 Å². The summed E-state index contributed by atoms with van der Waals surface area (Å²) < 4.78 is 4.45. The number of hydrogen-bond donors (Lipinski definition) is 0. The molecule has 0 unspecified atom stereocenters. The van der Waals surface area contributed by atoms with E-state index >= 15 is 0 Å². The van der Waals surface area contributed by atoms with Gasteiger partial charge >= 0.3 is 0 Å². The fraction of sp³-hybridized carbons (Fsp3) is 0.0500. The van der Waals surface area contributed by atoms with Gasteiger partial charge in [-0.2, -0.15) is 12.7 Å². The van der Waals surface area contributed by atoms with E-state index in [4.69, 9.17) is 4.98 Å². The molecule has 0 saturated heterocycles. The molecule has 46 heavy (non-hydrogen) atoms. The van der Waals surface area contributed by atoms with E-state index in [-0.39, 0.29) is 21.1 Å². The number of fused-ring (bicyclic) bond motifs is 5. The normalized spacial score (nSPS) is 13.0. The van der Waals surface area contributed by atoms with Gasteiger partial charge in [-0.25, -0.2) is 0 Å². The first-order valence-corrected chi connectivity index (χ1v) is 15.1. The third kappa shape index (κ3) is 4.46. The Balaban J connectivity index is 0.00000312.